The molecule has 3 nitrogen and oxygen atoms in total. The van der Waals surface area contributed by atoms with Crippen LogP contribution in [0, 0.1) is 0 Å². The molecule has 0 bridgehead atoms. The largest absolute Gasteiger partial charge is 0.412 e. The fourth-order valence-electron chi connectivity index (χ4n) is 2.82. The van der Waals surface area contributed by atoms with Gasteiger partial charge in [0.15, 0.2) is 0 Å². The van der Waals surface area contributed by atoms with Crippen LogP contribution in [0.2, 0.25) is 0 Å². The maximum Gasteiger partial charge on any atom is 0.412 e. The van der Waals surface area contributed by atoms with Crippen LogP contribution in [-0.2, 0) is 4.79 Å². The summed E-state index contributed by atoms with van der Waals surface area (Å²) in [6, 6.07) is 0. The zero-order valence-corrected chi connectivity index (χ0v) is 10.8. The number of halogens is 3. The standard InChI is InChI=1S/C13H19F3N2O/c14-13(15,16)10-4-8-18(9-5-10)11(19)12(17)6-2-1-3-7-12/h4H,1-3,5-9,17H2. The number of rotatable bonds is 1. The molecule has 0 aromatic heterocycles. The molecule has 1 aliphatic carbocycles. The van der Waals surface area contributed by atoms with Crippen molar-refractivity contribution in [2.45, 2.75) is 50.2 Å². The average Bonchev–Trinajstić information content (AvgIpc) is 2.38. The Morgan fingerprint density at radius 3 is 2.37 bits per heavy atom. The van der Waals surface area contributed by atoms with E-state index in [1.165, 1.54) is 4.90 Å². The van der Waals surface area contributed by atoms with Gasteiger partial charge < -0.3 is 10.6 Å². The highest BCUT2D eigenvalue weighted by atomic mass is 19.4. The van der Waals surface area contributed by atoms with Crippen LogP contribution in [0.25, 0.3) is 0 Å². The van der Waals surface area contributed by atoms with Crippen LogP contribution in [0.5, 0.6) is 0 Å². The second-order valence-corrected chi connectivity index (χ2v) is 5.45. The summed E-state index contributed by atoms with van der Waals surface area (Å²) in [5.74, 6) is -0.190. The number of nitrogens with two attached hydrogens (primary N) is 1. The molecule has 0 atom stereocenters. The first kappa shape index (κ1) is 14.4. The minimum atomic E-state index is -4.28. The van der Waals surface area contributed by atoms with E-state index in [-0.39, 0.29) is 25.4 Å². The highest BCUT2D eigenvalue weighted by Gasteiger charge is 2.41. The smallest absolute Gasteiger partial charge is 0.337 e. The monoisotopic (exact) mass is 276 g/mol. The van der Waals surface area contributed by atoms with Crippen LogP contribution >= 0.6 is 0 Å². The predicted octanol–water partition coefficient (Wildman–Crippen LogP) is 2.37. The van der Waals surface area contributed by atoms with Gasteiger partial charge in [-0.05, 0) is 19.3 Å². The van der Waals surface area contributed by atoms with Gasteiger partial charge in [-0.2, -0.15) is 13.2 Å². The summed E-state index contributed by atoms with van der Waals surface area (Å²) in [6.07, 6.45) is 0.874. The third-order valence-electron chi connectivity index (χ3n) is 4.03. The van der Waals surface area contributed by atoms with Gasteiger partial charge in [0.2, 0.25) is 5.91 Å². The number of hydrogen-bond acceptors (Lipinski definition) is 2. The number of carbonyl (C=O) groups is 1. The normalized spacial score (nSPS) is 24.0. The van der Waals surface area contributed by atoms with Crippen molar-refractivity contribution < 1.29 is 18.0 Å². The molecule has 1 heterocycles. The lowest BCUT2D eigenvalue weighted by Gasteiger charge is -2.38. The third kappa shape index (κ3) is 3.11. The van der Waals surface area contributed by atoms with Gasteiger partial charge in [0, 0.05) is 18.7 Å². The van der Waals surface area contributed by atoms with E-state index in [9.17, 15) is 18.0 Å². The molecular formula is C13H19F3N2O. The Kier molecular flexibility index (Phi) is 3.90. The van der Waals surface area contributed by atoms with E-state index in [0.717, 1.165) is 25.3 Å². The summed E-state index contributed by atoms with van der Waals surface area (Å²) < 4.78 is 37.5. The first-order valence-corrected chi connectivity index (χ1v) is 6.67. The van der Waals surface area contributed by atoms with Crippen LogP contribution in [-0.4, -0.2) is 35.6 Å². The molecular weight excluding hydrogens is 257 g/mol. The quantitative estimate of drug-likeness (QED) is 0.747. The van der Waals surface area contributed by atoms with Crippen molar-refractivity contribution in [3.8, 4) is 0 Å². The van der Waals surface area contributed by atoms with Gasteiger partial charge in [0.05, 0.1) is 5.54 Å². The van der Waals surface area contributed by atoms with Gasteiger partial charge >= 0.3 is 6.18 Å². The number of alkyl halides is 3. The van der Waals surface area contributed by atoms with Crippen LogP contribution < -0.4 is 5.73 Å². The maximum absolute atomic E-state index is 12.5. The summed E-state index contributed by atoms with van der Waals surface area (Å²) in [4.78, 5) is 13.8. The summed E-state index contributed by atoms with van der Waals surface area (Å²) in [5, 5.41) is 0. The van der Waals surface area contributed by atoms with Crippen molar-refractivity contribution in [3.63, 3.8) is 0 Å². The van der Waals surface area contributed by atoms with Gasteiger partial charge in [-0.25, -0.2) is 0 Å². The highest BCUT2D eigenvalue weighted by molar-refractivity contribution is 5.86. The van der Waals surface area contributed by atoms with Crippen LogP contribution in [0.15, 0.2) is 11.6 Å². The number of amides is 1. The summed E-state index contributed by atoms with van der Waals surface area (Å²) in [5.41, 5.74) is 4.72. The van der Waals surface area contributed by atoms with Crippen molar-refractivity contribution in [2.75, 3.05) is 13.1 Å². The molecule has 1 amide bonds. The molecule has 0 unspecified atom stereocenters. The molecule has 1 saturated carbocycles. The molecule has 6 heteroatoms. The highest BCUT2D eigenvalue weighted by Crippen LogP contribution is 2.32. The number of hydrogen-bond donors (Lipinski definition) is 1. The molecule has 1 aliphatic heterocycles. The Labute approximate surface area is 110 Å². The summed E-state index contributed by atoms with van der Waals surface area (Å²) in [7, 11) is 0. The summed E-state index contributed by atoms with van der Waals surface area (Å²) in [6.45, 7) is 0.135. The van der Waals surface area contributed by atoms with Crippen LogP contribution in [0.4, 0.5) is 13.2 Å². The Morgan fingerprint density at radius 2 is 1.89 bits per heavy atom. The Morgan fingerprint density at radius 1 is 1.26 bits per heavy atom. The van der Waals surface area contributed by atoms with Crippen LogP contribution in [0.1, 0.15) is 38.5 Å². The second kappa shape index (κ2) is 5.15. The van der Waals surface area contributed by atoms with Crippen molar-refractivity contribution in [3.05, 3.63) is 11.6 Å². The van der Waals surface area contributed by atoms with Gasteiger partial charge in [-0.15, -0.1) is 0 Å². The minimum absolute atomic E-state index is 0.0205. The zero-order chi connectivity index (χ0) is 14.1. The van der Waals surface area contributed by atoms with E-state index >= 15 is 0 Å². The number of nitrogens with zero attached hydrogens (tertiary/aromatic N) is 1. The van der Waals surface area contributed by atoms with E-state index < -0.39 is 17.3 Å². The van der Waals surface area contributed by atoms with Crippen molar-refractivity contribution in [1.82, 2.24) is 4.90 Å². The summed E-state index contributed by atoms with van der Waals surface area (Å²) >= 11 is 0. The Bertz CT molecular complexity index is 384. The van der Waals surface area contributed by atoms with Crippen molar-refractivity contribution in [1.29, 1.82) is 0 Å². The lowest BCUT2D eigenvalue weighted by molar-refractivity contribution is -0.139. The molecule has 108 valence electrons. The predicted molar refractivity (Wildman–Crippen MR) is 65.3 cm³/mol. The molecule has 0 saturated heterocycles. The van der Waals surface area contributed by atoms with E-state index in [4.69, 9.17) is 5.73 Å². The molecule has 0 aromatic rings. The molecule has 0 aromatic carbocycles. The molecule has 19 heavy (non-hydrogen) atoms. The lowest BCUT2D eigenvalue weighted by Crippen LogP contribution is -2.57. The molecule has 2 N–H and O–H groups in total. The Balaban J connectivity index is 2.01. The fraction of sp³-hybridized carbons (Fsp3) is 0.769. The van der Waals surface area contributed by atoms with E-state index in [1.54, 1.807) is 0 Å². The van der Waals surface area contributed by atoms with Crippen molar-refractivity contribution >= 4 is 5.91 Å². The molecule has 2 rings (SSSR count). The van der Waals surface area contributed by atoms with Gasteiger partial charge in [0.25, 0.3) is 0 Å². The molecule has 1 fully saturated rings. The molecule has 0 radical (unpaired) electrons. The first-order chi connectivity index (χ1) is 8.83. The molecule has 0 spiro atoms. The third-order valence-corrected chi connectivity index (χ3v) is 4.03. The van der Waals surface area contributed by atoms with E-state index in [2.05, 4.69) is 0 Å². The second-order valence-electron chi connectivity index (χ2n) is 5.45. The van der Waals surface area contributed by atoms with Gasteiger partial charge in [-0.1, -0.05) is 25.3 Å². The lowest BCUT2D eigenvalue weighted by atomic mass is 9.81. The fourth-order valence-corrected chi connectivity index (χ4v) is 2.82. The molecule has 2 aliphatic rings. The Hall–Kier alpha value is -1.04. The van der Waals surface area contributed by atoms with E-state index in [1.807, 2.05) is 0 Å². The van der Waals surface area contributed by atoms with E-state index in [0.29, 0.717) is 12.8 Å². The van der Waals surface area contributed by atoms with Gasteiger partial charge in [0.1, 0.15) is 0 Å². The first-order valence-electron chi connectivity index (χ1n) is 6.67. The van der Waals surface area contributed by atoms with Crippen molar-refractivity contribution in [2.24, 2.45) is 5.73 Å². The SMILES string of the molecule is NC1(C(=O)N2CC=C(C(F)(F)F)CC2)CCCCC1. The maximum atomic E-state index is 12.5. The minimum Gasteiger partial charge on any atom is -0.337 e. The number of carbonyl (C=O) groups excluding carboxylic acids is 1. The average molecular weight is 276 g/mol. The zero-order valence-electron chi connectivity index (χ0n) is 10.8. The van der Waals surface area contributed by atoms with Gasteiger partial charge in [-0.3, -0.25) is 4.79 Å². The topological polar surface area (TPSA) is 46.3 Å². The van der Waals surface area contributed by atoms with Crippen LogP contribution in [0.3, 0.4) is 0 Å².